The van der Waals surface area contributed by atoms with E-state index in [0.29, 0.717) is 34.6 Å². The second kappa shape index (κ2) is 7.38. The molecule has 2 aromatic heterocycles. The van der Waals surface area contributed by atoms with Crippen LogP contribution in [0.4, 0.5) is 8.78 Å². The lowest BCUT2D eigenvalue weighted by molar-refractivity contribution is -0.0278. The van der Waals surface area contributed by atoms with Gasteiger partial charge in [-0.3, -0.25) is 4.79 Å². The van der Waals surface area contributed by atoms with Crippen LogP contribution in [-0.2, 0) is 6.61 Å². The van der Waals surface area contributed by atoms with E-state index in [-0.39, 0.29) is 25.1 Å². The smallest absolute Gasteiger partial charge is 0.260 e. The van der Waals surface area contributed by atoms with Crippen LogP contribution in [-0.4, -0.2) is 29.9 Å². The molecule has 1 amide bonds. The molecule has 6 nitrogen and oxygen atoms in total. The number of carbonyl (C=O) groups is 1. The minimum Gasteiger partial charge on any atom is -0.488 e. The summed E-state index contributed by atoms with van der Waals surface area (Å²) in [4.78, 5) is 17.3. The lowest BCUT2D eigenvalue weighted by Crippen LogP contribution is -2.43. The van der Waals surface area contributed by atoms with E-state index in [1.807, 2.05) is 6.92 Å². The van der Waals surface area contributed by atoms with E-state index in [4.69, 9.17) is 14.9 Å². The van der Waals surface area contributed by atoms with E-state index >= 15 is 0 Å². The van der Waals surface area contributed by atoms with Gasteiger partial charge in [0.2, 0.25) is 0 Å². The Hall–Kier alpha value is -2.52. The van der Waals surface area contributed by atoms with Gasteiger partial charge in [0.25, 0.3) is 11.8 Å². The molecular formula is C20H21F2N3O3S. The highest BCUT2D eigenvalue weighted by molar-refractivity contribution is 7.09. The number of aryl methyl sites for hydroxylation is 2. The molecule has 3 heterocycles. The van der Waals surface area contributed by atoms with Gasteiger partial charge in [-0.2, -0.15) is 0 Å². The average Bonchev–Trinajstić information content (AvgIpc) is 3.20. The summed E-state index contributed by atoms with van der Waals surface area (Å²) in [6, 6.07) is 3.38. The summed E-state index contributed by atoms with van der Waals surface area (Å²) in [5.41, 5.74) is 9.35. The number of fused-ring (bicyclic) bond motifs is 1. The van der Waals surface area contributed by atoms with Crippen LogP contribution in [0.1, 0.15) is 44.6 Å². The van der Waals surface area contributed by atoms with Crippen molar-refractivity contribution in [2.24, 2.45) is 5.73 Å². The van der Waals surface area contributed by atoms with Crippen molar-refractivity contribution in [3.63, 3.8) is 0 Å². The molecule has 9 heteroatoms. The zero-order valence-electron chi connectivity index (χ0n) is 16.1. The predicted octanol–water partition coefficient (Wildman–Crippen LogP) is 3.90. The number of hydrogen-bond acceptors (Lipinski definition) is 6. The van der Waals surface area contributed by atoms with Crippen molar-refractivity contribution in [2.75, 3.05) is 13.1 Å². The number of rotatable bonds is 5. The number of furan rings is 1. The topological polar surface area (TPSA) is 90.4 Å². The number of alkyl halides is 2. The van der Waals surface area contributed by atoms with Gasteiger partial charge in [-0.25, -0.2) is 13.8 Å². The van der Waals surface area contributed by atoms with Gasteiger partial charge in [0.15, 0.2) is 0 Å². The van der Waals surface area contributed by atoms with Crippen molar-refractivity contribution in [1.82, 2.24) is 10.3 Å². The van der Waals surface area contributed by atoms with Gasteiger partial charge >= 0.3 is 0 Å². The van der Waals surface area contributed by atoms with Gasteiger partial charge < -0.3 is 20.2 Å². The van der Waals surface area contributed by atoms with E-state index < -0.39 is 17.7 Å². The van der Waals surface area contributed by atoms with E-state index in [9.17, 15) is 13.6 Å². The number of amides is 1. The van der Waals surface area contributed by atoms with Crippen LogP contribution >= 0.6 is 11.3 Å². The van der Waals surface area contributed by atoms with Crippen molar-refractivity contribution in [2.45, 2.75) is 38.7 Å². The lowest BCUT2D eigenvalue weighted by Gasteiger charge is -2.31. The van der Waals surface area contributed by atoms with Gasteiger partial charge in [-0.1, -0.05) is 0 Å². The molecule has 3 aromatic rings. The predicted molar refractivity (Wildman–Crippen MR) is 106 cm³/mol. The molecule has 29 heavy (non-hydrogen) atoms. The van der Waals surface area contributed by atoms with Crippen molar-refractivity contribution in [3.05, 3.63) is 45.1 Å². The number of thiazole rings is 1. The Kier molecular flexibility index (Phi) is 5.04. The monoisotopic (exact) mass is 421 g/mol. The number of nitrogens with two attached hydrogens (primary N) is 1. The van der Waals surface area contributed by atoms with Gasteiger partial charge in [0.1, 0.15) is 23.7 Å². The number of piperidine rings is 1. The second-order valence-electron chi connectivity index (χ2n) is 7.29. The second-order valence-corrected chi connectivity index (χ2v) is 8.22. The number of carbonyl (C=O) groups excluding carboxylic acids is 1. The highest BCUT2D eigenvalue weighted by Gasteiger charge is 2.39. The van der Waals surface area contributed by atoms with Crippen LogP contribution in [0.5, 0.6) is 5.75 Å². The lowest BCUT2D eigenvalue weighted by atomic mass is 9.86. The molecule has 1 aliphatic heterocycles. The maximum absolute atomic E-state index is 14.2. The van der Waals surface area contributed by atoms with Crippen LogP contribution in [0.25, 0.3) is 11.0 Å². The van der Waals surface area contributed by atoms with Gasteiger partial charge in [0.05, 0.1) is 28.2 Å². The van der Waals surface area contributed by atoms with Crippen LogP contribution in [0, 0.1) is 13.8 Å². The molecule has 3 N–H and O–H groups in total. The molecule has 1 aromatic carbocycles. The first-order chi connectivity index (χ1) is 13.8. The third kappa shape index (κ3) is 3.72. The number of benzene rings is 1. The van der Waals surface area contributed by atoms with Gasteiger partial charge in [-0.05, 0) is 26.0 Å². The third-order valence-corrected chi connectivity index (χ3v) is 6.12. The van der Waals surface area contributed by atoms with E-state index in [1.54, 1.807) is 24.6 Å². The molecular weight excluding hydrogens is 400 g/mol. The zero-order chi connectivity index (χ0) is 20.8. The normalized spacial score (nSPS) is 18.8. The number of halogens is 2. The molecule has 4 rings (SSSR count). The summed E-state index contributed by atoms with van der Waals surface area (Å²) in [5.74, 6) is -3.27. The first kappa shape index (κ1) is 19.8. The maximum Gasteiger partial charge on any atom is 0.260 e. The fourth-order valence-corrected chi connectivity index (χ4v) is 4.58. The molecule has 0 bridgehead atoms. The Bertz CT molecular complexity index is 1080. The van der Waals surface area contributed by atoms with Crippen molar-refractivity contribution in [1.29, 1.82) is 0 Å². The summed E-state index contributed by atoms with van der Waals surface area (Å²) < 4.78 is 40.1. The SMILES string of the molecule is Cc1ncsc1COc1ccc2oc(C)c(C(N)=O)c2c1C1CNCC(F)(F)C1. The Labute approximate surface area is 170 Å². The van der Waals surface area contributed by atoms with E-state index in [1.165, 1.54) is 11.3 Å². The number of nitrogens with zero attached hydrogens (tertiary/aromatic N) is 1. The molecule has 1 aliphatic rings. The summed E-state index contributed by atoms with van der Waals surface area (Å²) in [7, 11) is 0. The molecule has 1 atom stereocenters. The Morgan fingerprint density at radius 1 is 1.45 bits per heavy atom. The standard InChI is InChI=1S/C20H21F2N3O3S/c1-10-15(29-9-25-10)7-27-13-3-4-14-18(16(19(23)26)11(2)28-14)17(13)12-5-20(21,22)8-24-6-12/h3-4,9,12,24H,5-8H2,1-2H3,(H2,23,26). The fraction of sp³-hybridized carbons (Fsp3) is 0.400. The molecule has 0 spiro atoms. The third-order valence-electron chi connectivity index (χ3n) is 5.21. The van der Waals surface area contributed by atoms with Crippen molar-refractivity contribution in [3.8, 4) is 5.75 Å². The number of nitrogens with one attached hydrogen (secondary N) is 1. The minimum absolute atomic E-state index is 0.211. The molecule has 0 aliphatic carbocycles. The first-order valence-electron chi connectivity index (χ1n) is 9.23. The largest absolute Gasteiger partial charge is 0.488 e. The van der Waals surface area contributed by atoms with Crippen LogP contribution < -0.4 is 15.8 Å². The Morgan fingerprint density at radius 3 is 2.90 bits per heavy atom. The molecule has 1 saturated heterocycles. The first-order valence-corrected chi connectivity index (χ1v) is 10.1. The maximum atomic E-state index is 14.2. The fourth-order valence-electron chi connectivity index (χ4n) is 3.89. The quantitative estimate of drug-likeness (QED) is 0.652. The Balaban J connectivity index is 1.84. The Morgan fingerprint density at radius 2 is 2.24 bits per heavy atom. The summed E-state index contributed by atoms with van der Waals surface area (Å²) in [5, 5.41) is 3.25. The van der Waals surface area contributed by atoms with E-state index in [2.05, 4.69) is 10.3 Å². The highest BCUT2D eigenvalue weighted by Crippen LogP contribution is 2.43. The van der Waals surface area contributed by atoms with Crippen LogP contribution in [0.3, 0.4) is 0 Å². The van der Waals surface area contributed by atoms with E-state index in [0.717, 1.165) is 10.6 Å². The van der Waals surface area contributed by atoms with Crippen molar-refractivity contribution >= 4 is 28.2 Å². The number of primary amides is 1. The average molecular weight is 421 g/mol. The summed E-state index contributed by atoms with van der Waals surface area (Å²) in [6.45, 7) is 3.75. The highest BCUT2D eigenvalue weighted by atomic mass is 32.1. The van der Waals surface area contributed by atoms with Crippen LogP contribution in [0.2, 0.25) is 0 Å². The molecule has 154 valence electrons. The summed E-state index contributed by atoms with van der Waals surface area (Å²) >= 11 is 1.46. The number of ether oxygens (including phenoxy) is 1. The van der Waals surface area contributed by atoms with Gasteiger partial charge in [-0.15, -0.1) is 11.3 Å². The zero-order valence-corrected chi connectivity index (χ0v) is 16.9. The number of hydrogen-bond donors (Lipinski definition) is 2. The van der Waals surface area contributed by atoms with Crippen LogP contribution in [0.15, 0.2) is 22.1 Å². The molecule has 1 fully saturated rings. The summed E-state index contributed by atoms with van der Waals surface area (Å²) in [6.07, 6.45) is -0.350. The molecule has 0 saturated carbocycles. The van der Waals surface area contributed by atoms with Gasteiger partial charge in [0, 0.05) is 29.8 Å². The number of aromatic nitrogens is 1. The molecule has 1 unspecified atom stereocenters. The van der Waals surface area contributed by atoms with Crippen molar-refractivity contribution < 1.29 is 22.7 Å². The minimum atomic E-state index is -2.86. The molecule has 0 radical (unpaired) electrons.